The van der Waals surface area contributed by atoms with E-state index >= 15 is 0 Å². The van der Waals surface area contributed by atoms with Gasteiger partial charge in [-0.25, -0.2) is 0 Å². The Balaban J connectivity index is 1.92. The van der Waals surface area contributed by atoms with Crippen molar-refractivity contribution in [1.82, 2.24) is 9.80 Å². The molecule has 20 heavy (non-hydrogen) atoms. The summed E-state index contributed by atoms with van der Waals surface area (Å²) in [4.78, 5) is 16.5. The summed E-state index contributed by atoms with van der Waals surface area (Å²) in [6.45, 7) is 7.48. The number of amides is 1. The van der Waals surface area contributed by atoms with Gasteiger partial charge in [0.1, 0.15) is 0 Å². The highest BCUT2D eigenvalue weighted by atomic mass is 16.2. The molecule has 2 N–H and O–H groups in total. The fraction of sp³-hybridized carbons (Fsp3) is 0.562. The molecule has 2 rings (SSSR count). The minimum absolute atomic E-state index is 0.0686. The molecule has 1 aromatic rings. The second kappa shape index (κ2) is 6.86. The van der Waals surface area contributed by atoms with E-state index in [2.05, 4.69) is 29.2 Å². The largest absolute Gasteiger partial charge is 0.337 e. The molecule has 4 nitrogen and oxygen atoms in total. The number of likely N-dealkylation sites (N-methyl/N-ethyl adjacent to an activating group) is 1. The predicted octanol–water partition coefficient (Wildman–Crippen LogP) is 1.46. The van der Waals surface area contributed by atoms with Crippen molar-refractivity contribution in [3.05, 3.63) is 35.9 Å². The number of carbonyl (C=O) groups excluding carboxylic acids is 1. The number of carbonyl (C=O) groups is 1. The maximum Gasteiger partial charge on any atom is 0.239 e. The highest BCUT2D eigenvalue weighted by Crippen LogP contribution is 2.18. The van der Waals surface area contributed by atoms with Gasteiger partial charge >= 0.3 is 0 Å². The second-order valence-electron chi connectivity index (χ2n) is 5.58. The molecule has 1 saturated heterocycles. The van der Waals surface area contributed by atoms with Crippen molar-refractivity contribution < 1.29 is 4.79 Å². The molecule has 0 unspecified atom stereocenters. The van der Waals surface area contributed by atoms with E-state index in [1.54, 1.807) is 6.92 Å². The van der Waals surface area contributed by atoms with Crippen LogP contribution in [0.15, 0.2) is 30.3 Å². The zero-order valence-corrected chi connectivity index (χ0v) is 12.5. The Kier molecular flexibility index (Phi) is 5.15. The molecular weight excluding hydrogens is 250 g/mol. The van der Waals surface area contributed by atoms with Crippen molar-refractivity contribution in [2.45, 2.75) is 38.9 Å². The maximum atomic E-state index is 12.1. The molecule has 0 bridgehead atoms. The standard InChI is InChI=1S/C16H25N3O/c1-3-19(16(20)13(2)17)15-9-10-18(12-15)11-14-7-5-4-6-8-14/h4-8,13,15H,3,9-12,17H2,1-2H3/t13-,15-/m0/s1. The summed E-state index contributed by atoms with van der Waals surface area (Å²) in [7, 11) is 0. The minimum Gasteiger partial charge on any atom is -0.337 e. The molecular formula is C16H25N3O. The van der Waals surface area contributed by atoms with Gasteiger partial charge in [-0.05, 0) is 25.8 Å². The lowest BCUT2D eigenvalue weighted by atomic mass is 10.2. The van der Waals surface area contributed by atoms with E-state index in [0.29, 0.717) is 6.04 Å². The van der Waals surface area contributed by atoms with E-state index in [-0.39, 0.29) is 5.91 Å². The molecule has 110 valence electrons. The molecule has 1 aromatic carbocycles. The molecule has 4 heteroatoms. The summed E-state index contributed by atoms with van der Waals surface area (Å²) in [5, 5.41) is 0. The van der Waals surface area contributed by atoms with Gasteiger partial charge in [-0.3, -0.25) is 9.69 Å². The molecule has 1 fully saturated rings. The van der Waals surface area contributed by atoms with E-state index in [4.69, 9.17) is 5.73 Å². The summed E-state index contributed by atoms with van der Waals surface area (Å²) in [5.41, 5.74) is 7.06. The maximum absolute atomic E-state index is 12.1. The Morgan fingerprint density at radius 3 is 2.75 bits per heavy atom. The quantitative estimate of drug-likeness (QED) is 0.885. The molecule has 0 spiro atoms. The number of likely N-dealkylation sites (tertiary alicyclic amines) is 1. The average molecular weight is 275 g/mol. The van der Waals surface area contributed by atoms with Gasteiger partial charge in [0, 0.05) is 32.2 Å². The molecule has 1 heterocycles. The third-order valence-corrected chi connectivity index (χ3v) is 3.95. The SMILES string of the molecule is CCN(C(=O)[C@H](C)N)[C@H]1CCN(Cc2ccccc2)C1. The van der Waals surface area contributed by atoms with E-state index in [1.165, 1.54) is 5.56 Å². The molecule has 1 amide bonds. The molecule has 1 aliphatic rings. The molecule has 1 aliphatic heterocycles. The highest BCUT2D eigenvalue weighted by molar-refractivity contribution is 5.81. The van der Waals surface area contributed by atoms with Crippen molar-refractivity contribution in [2.75, 3.05) is 19.6 Å². The van der Waals surface area contributed by atoms with Crippen LogP contribution in [0.5, 0.6) is 0 Å². The van der Waals surface area contributed by atoms with Crippen LogP contribution in [0.1, 0.15) is 25.8 Å². The first-order chi connectivity index (χ1) is 9.61. The smallest absolute Gasteiger partial charge is 0.239 e. The summed E-state index contributed by atoms with van der Waals surface area (Å²) < 4.78 is 0. The molecule has 2 atom stereocenters. The zero-order chi connectivity index (χ0) is 14.5. The van der Waals surface area contributed by atoms with E-state index in [9.17, 15) is 4.79 Å². The number of nitrogens with two attached hydrogens (primary N) is 1. The molecule has 0 aromatic heterocycles. The van der Waals surface area contributed by atoms with Gasteiger partial charge in [0.2, 0.25) is 5.91 Å². The fourth-order valence-corrected chi connectivity index (χ4v) is 2.91. The number of nitrogens with zero attached hydrogens (tertiary/aromatic N) is 2. The first kappa shape index (κ1) is 15.0. The van der Waals surface area contributed by atoms with Crippen LogP contribution in [0.25, 0.3) is 0 Å². The van der Waals surface area contributed by atoms with E-state index < -0.39 is 6.04 Å². The van der Waals surface area contributed by atoms with Crippen LogP contribution >= 0.6 is 0 Å². The first-order valence-electron chi connectivity index (χ1n) is 7.44. The third-order valence-electron chi connectivity index (χ3n) is 3.95. The van der Waals surface area contributed by atoms with E-state index in [0.717, 1.165) is 32.6 Å². The van der Waals surface area contributed by atoms with E-state index in [1.807, 2.05) is 17.9 Å². The third kappa shape index (κ3) is 3.58. The number of benzene rings is 1. The first-order valence-corrected chi connectivity index (χ1v) is 7.44. The van der Waals surface area contributed by atoms with Crippen molar-refractivity contribution in [3.8, 4) is 0 Å². The lowest BCUT2D eigenvalue weighted by molar-refractivity contribution is -0.134. The predicted molar refractivity (Wildman–Crippen MR) is 81.2 cm³/mol. The number of rotatable bonds is 5. The Morgan fingerprint density at radius 2 is 2.15 bits per heavy atom. The van der Waals surface area contributed by atoms with Crippen LogP contribution < -0.4 is 5.73 Å². The number of hydrogen-bond donors (Lipinski definition) is 1. The second-order valence-corrected chi connectivity index (χ2v) is 5.58. The van der Waals surface area contributed by atoms with Crippen LogP contribution in [-0.2, 0) is 11.3 Å². The van der Waals surface area contributed by atoms with Gasteiger partial charge in [0.25, 0.3) is 0 Å². The normalized spacial score (nSPS) is 20.9. The van der Waals surface area contributed by atoms with Crippen molar-refractivity contribution in [1.29, 1.82) is 0 Å². The van der Waals surface area contributed by atoms with Crippen molar-refractivity contribution in [3.63, 3.8) is 0 Å². The fourth-order valence-electron chi connectivity index (χ4n) is 2.91. The van der Waals surface area contributed by atoms with Gasteiger partial charge in [-0.1, -0.05) is 30.3 Å². The number of hydrogen-bond acceptors (Lipinski definition) is 3. The van der Waals surface area contributed by atoms with Crippen molar-refractivity contribution >= 4 is 5.91 Å². The van der Waals surface area contributed by atoms with Gasteiger partial charge in [-0.2, -0.15) is 0 Å². The van der Waals surface area contributed by atoms with Crippen LogP contribution in [0.3, 0.4) is 0 Å². The van der Waals surface area contributed by atoms with Gasteiger partial charge in [-0.15, -0.1) is 0 Å². The Labute approximate surface area is 121 Å². The topological polar surface area (TPSA) is 49.6 Å². The Hall–Kier alpha value is -1.39. The van der Waals surface area contributed by atoms with Crippen LogP contribution in [-0.4, -0.2) is 47.4 Å². The summed E-state index contributed by atoms with van der Waals surface area (Å²) >= 11 is 0. The van der Waals surface area contributed by atoms with Crippen molar-refractivity contribution in [2.24, 2.45) is 5.73 Å². The highest BCUT2D eigenvalue weighted by Gasteiger charge is 2.30. The van der Waals surface area contributed by atoms with Crippen LogP contribution in [0, 0.1) is 0 Å². The van der Waals surface area contributed by atoms with Gasteiger partial charge < -0.3 is 10.6 Å². The summed E-state index contributed by atoms with van der Waals surface area (Å²) in [6.07, 6.45) is 1.04. The van der Waals surface area contributed by atoms with Gasteiger partial charge in [0.05, 0.1) is 6.04 Å². The summed E-state index contributed by atoms with van der Waals surface area (Å²) in [6, 6.07) is 10.4. The van der Waals surface area contributed by atoms with Gasteiger partial charge in [0.15, 0.2) is 0 Å². The Bertz CT molecular complexity index is 433. The lowest BCUT2D eigenvalue weighted by Gasteiger charge is -2.29. The van der Waals surface area contributed by atoms with Crippen LogP contribution in [0.4, 0.5) is 0 Å². The summed E-state index contributed by atoms with van der Waals surface area (Å²) in [5.74, 6) is 0.0686. The molecule has 0 radical (unpaired) electrons. The molecule has 0 saturated carbocycles. The van der Waals surface area contributed by atoms with Crippen LogP contribution in [0.2, 0.25) is 0 Å². The monoisotopic (exact) mass is 275 g/mol. The minimum atomic E-state index is -0.405. The Morgan fingerprint density at radius 1 is 1.45 bits per heavy atom. The average Bonchev–Trinajstić information content (AvgIpc) is 2.89. The lowest BCUT2D eigenvalue weighted by Crippen LogP contribution is -2.48. The molecule has 0 aliphatic carbocycles. The zero-order valence-electron chi connectivity index (χ0n) is 12.5.